The molecule has 7 aliphatic heterocycles. The zero-order valence-electron chi connectivity index (χ0n) is 68.7. The van der Waals surface area contributed by atoms with Gasteiger partial charge in [-0.3, -0.25) is 48.6 Å². The number of hydrazine groups is 1. The van der Waals surface area contributed by atoms with Crippen molar-refractivity contribution >= 4 is 82.1 Å². The van der Waals surface area contributed by atoms with Crippen LogP contribution in [0.25, 0.3) is 11.1 Å². The molecule has 21 N–H and O–H groups in total. The first-order chi connectivity index (χ1) is 60.0. The number of anilines is 1. The number of nitrogens with two attached hydrogens (primary N) is 1. The summed E-state index contributed by atoms with van der Waals surface area (Å²) >= 11 is 14.4. The SMILES string of the molecule is CN[C@H](CC(C)C)C(=O)N[C@H]1C(=O)NC2(C[C@H]2C(N)=O)C(=O)N[C@H]2C(=O)N[C@H]3C(=O)N[C@H](C(=O)N[C@@H](C(=O)NN(C)C)c4cc(O)cc(O)c4-c4cc3ccc4O)[C@H](O)c3ccc(c(Cl)c3)Oc3cc2cc(c3O[C@@H]2O[C@H](CO)[C@@H](O)[C@H](O)[C@H]2O[C@H]2C[C@](C)(NCc3cccc(NC(=O)Cc4ccc(OC(F)(F)F)cc4)c3)[C@H](O)[C@H](C)O2)Oc2ccc(cc2Cl)[C@H]1O. The Hall–Kier alpha value is -11.7. The van der Waals surface area contributed by atoms with E-state index in [1.807, 2.05) is 13.8 Å². The van der Waals surface area contributed by atoms with Crippen molar-refractivity contribution in [1.82, 2.24) is 53.0 Å². The van der Waals surface area contributed by atoms with Crippen LogP contribution in [0, 0.1) is 11.8 Å². The molecule has 1 aliphatic carbocycles. The summed E-state index contributed by atoms with van der Waals surface area (Å²) in [5.41, 5.74) is 3.29. The summed E-state index contributed by atoms with van der Waals surface area (Å²) in [6.45, 7) is 5.72. The number of benzene rings is 7. The van der Waals surface area contributed by atoms with Crippen LogP contribution >= 0.6 is 23.2 Å². The number of aliphatic hydroxyl groups excluding tert-OH is 6. The van der Waals surface area contributed by atoms with Crippen molar-refractivity contribution in [2.45, 2.75) is 175 Å². The average Bonchev–Trinajstić information content (AvgIpc) is 1.58. The average molecular weight is 1810 g/mol. The van der Waals surface area contributed by atoms with E-state index in [1.165, 1.54) is 63.4 Å². The fourth-order valence-corrected chi connectivity index (χ4v) is 16.3. The van der Waals surface area contributed by atoms with Gasteiger partial charge in [0, 0.05) is 55.5 Å². The largest absolute Gasteiger partial charge is 0.573 e. The number of phenolic OH excluding ortho intramolecular Hbond substituents is 3. The van der Waals surface area contributed by atoms with E-state index in [1.54, 1.807) is 31.2 Å². The highest BCUT2D eigenvalue weighted by molar-refractivity contribution is 6.32. The number of fused-ring (bicyclic) bond motifs is 13. The molecule has 9 amide bonds. The number of phenols is 3. The summed E-state index contributed by atoms with van der Waals surface area (Å²) < 4.78 is 82.1. The first kappa shape index (κ1) is 92.9. The quantitative estimate of drug-likeness (QED) is 0.0485. The molecule has 15 rings (SSSR count). The topological polar surface area (TPSA) is 550 Å². The Morgan fingerprint density at radius 1 is 0.709 bits per heavy atom. The minimum absolute atomic E-state index is 0.00948. The summed E-state index contributed by atoms with van der Waals surface area (Å²) in [5.74, 6) is -17.7. The lowest BCUT2D eigenvalue weighted by molar-refractivity contribution is -0.334. The molecular weight excluding hydrogens is 1720 g/mol. The Morgan fingerprint density at radius 3 is 1.97 bits per heavy atom. The van der Waals surface area contributed by atoms with Gasteiger partial charge in [0.05, 0.1) is 47.2 Å². The normalized spacial score (nSPS) is 27.4. The highest BCUT2D eigenvalue weighted by Crippen LogP contribution is 2.52. The first-order valence-corrected chi connectivity index (χ1v) is 40.7. The van der Waals surface area contributed by atoms with Crippen molar-refractivity contribution in [2.75, 3.05) is 33.1 Å². The molecule has 3 fully saturated rings. The lowest BCUT2D eigenvalue weighted by atomic mass is 9.84. The van der Waals surface area contributed by atoms with Crippen LogP contribution in [0.3, 0.4) is 0 Å². The molecule has 678 valence electrons. The Labute approximate surface area is 731 Å². The van der Waals surface area contributed by atoms with Crippen LogP contribution in [0.1, 0.15) is 116 Å². The summed E-state index contributed by atoms with van der Waals surface area (Å²) in [6, 6.07) is 13.3. The second-order valence-corrected chi connectivity index (χ2v) is 33.3. The van der Waals surface area contributed by atoms with Gasteiger partial charge >= 0.3 is 6.36 Å². The number of aromatic hydroxyl groups is 3. The van der Waals surface area contributed by atoms with Crippen LogP contribution < -0.4 is 78.0 Å². The molecule has 8 aliphatic rings. The number of amides is 9. The van der Waals surface area contributed by atoms with Gasteiger partial charge in [-0.2, -0.15) is 0 Å². The maximum atomic E-state index is 16.5. The number of alkyl halides is 3. The highest BCUT2D eigenvalue weighted by atomic mass is 35.5. The van der Waals surface area contributed by atoms with Gasteiger partial charge in [0.1, 0.15) is 101 Å². The molecule has 37 nitrogen and oxygen atoms in total. The van der Waals surface area contributed by atoms with E-state index < -0.39 is 266 Å². The van der Waals surface area contributed by atoms with E-state index in [4.69, 9.17) is 57.4 Å². The number of carbonyl (C=O) groups excluding carboxylic acids is 9. The van der Waals surface area contributed by atoms with Crippen LogP contribution in [0.2, 0.25) is 10.0 Å². The molecule has 42 heteroatoms. The third kappa shape index (κ3) is 20.5. The third-order valence-electron chi connectivity index (χ3n) is 22.5. The monoisotopic (exact) mass is 1810 g/mol. The number of nitrogens with zero attached hydrogens (tertiary/aromatic N) is 1. The molecule has 19 atom stereocenters. The van der Waals surface area contributed by atoms with Gasteiger partial charge in [-0.15, -0.1) is 13.2 Å². The lowest BCUT2D eigenvalue weighted by Crippen LogP contribution is -2.65. The molecule has 0 aromatic heterocycles. The van der Waals surface area contributed by atoms with Crippen LogP contribution in [-0.2, 0) is 70.3 Å². The molecule has 7 aromatic carbocycles. The Bertz CT molecular complexity index is 5410. The number of ether oxygens (including phenoxy) is 7. The molecule has 1 spiro atoms. The summed E-state index contributed by atoms with van der Waals surface area (Å²) in [4.78, 5) is 135. The summed E-state index contributed by atoms with van der Waals surface area (Å²) in [5, 5.41) is 132. The molecule has 11 bridgehead atoms. The van der Waals surface area contributed by atoms with Crippen LogP contribution in [-0.4, -0.2) is 217 Å². The van der Waals surface area contributed by atoms with Gasteiger partial charge in [0.25, 0.3) is 5.91 Å². The Kier molecular flexibility index (Phi) is 27.6. The maximum absolute atomic E-state index is 16.5. The van der Waals surface area contributed by atoms with E-state index in [2.05, 4.69) is 58.0 Å². The molecule has 2 saturated heterocycles. The van der Waals surface area contributed by atoms with Crippen molar-refractivity contribution in [1.29, 1.82) is 0 Å². The number of rotatable bonds is 20. The third-order valence-corrected chi connectivity index (χ3v) is 23.1. The van der Waals surface area contributed by atoms with Crippen molar-refractivity contribution < 1.29 is 135 Å². The molecule has 0 radical (unpaired) electrons. The minimum Gasteiger partial charge on any atom is -0.508 e. The summed E-state index contributed by atoms with van der Waals surface area (Å²) in [7, 11) is 4.29. The molecule has 127 heavy (non-hydrogen) atoms. The smallest absolute Gasteiger partial charge is 0.508 e. The van der Waals surface area contributed by atoms with E-state index in [-0.39, 0.29) is 54.2 Å². The zero-order chi connectivity index (χ0) is 91.9. The fourth-order valence-electron chi connectivity index (χ4n) is 15.9. The van der Waals surface area contributed by atoms with Crippen LogP contribution in [0.4, 0.5) is 18.9 Å². The zero-order valence-corrected chi connectivity index (χ0v) is 70.2. The molecule has 7 heterocycles. The number of primary amides is 1. The van der Waals surface area contributed by atoms with Crippen LogP contribution in [0.15, 0.2) is 127 Å². The highest BCUT2D eigenvalue weighted by Gasteiger charge is 2.65. The Balaban J connectivity index is 0.950. The van der Waals surface area contributed by atoms with Gasteiger partial charge in [-0.05, 0) is 157 Å². The number of carbonyl (C=O) groups is 9. The van der Waals surface area contributed by atoms with E-state index in [0.717, 1.165) is 72.8 Å². The van der Waals surface area contributed by atoms with Crippen molar-refractivity contribution in [3.8, 4) is 62.9 Å². The van der Waals surface area contributed by atoms with E-state index in [9.17, 15) is 78.3 Å². The number of hydrogen-bond acceptors (Lipinski definition) is 28. The van der Waals surface area contributed by atoms with E-state index >= 15 is 24.0 Å². The molecule has 7 aromatic rings. The standard InChI is InChI=1S/C85H93Cl2F3N12O25/c1-35(2)21-51(92-5)75(114)97-66-68(109)41-15-20-55(50(87)26-41)123-57-28-42-27-56(71(57)126-81-72(70(111)69(110)58(34-103)124-81)125-60-32-83(4,73(112)36(3)121-60)93-33-38-9-8-10-43(22-38)94-59(107)23-37-11-16-45(17-12-37)127-85(88,89)90)122-54-19-14-40(25-49(54)86)67(108)65-78(117)96-64(80(119)101-102(6)7)47-29-44(104)30-53(106)61(47)46-24-39(13-18-52(46)105)62(76(115)98-65)95-77(116)63(42)99-82(120)84(100-79(66)118)31-48(84)74(91)113/h8-20,22,24-30,35-36,48,51,58,60,62-70,72-73,81,92-93,103-106,108-112H,21,23,31-34H2,1-7H3,(H2,91,113)(H,94,107)(H,95,116)(H,96,117)(H,97,114)(H,98,115)(H,99,120)(H,100,118)(H,101,119)/t36-,48-,51+,58+,60-,62+,63+,64+,65-,66+,67+,68+,69+,70-,72+,73+,81-,83-,84?/m0/s1. The first-order valence-electron chi connectivity index (χ1n) is 40.0. The van der Waals surface area contributed by atoms with Gasteiger partial charge in [0.2, 0.25) is 59.3 Å². The maximum Gasteiger partial charge on any atom is 0.573 e. The number of aliphatic hydroxyl groups is 6. The second kappa shape index (κ2) is 37.7. The van der Waals surface area contributed by atoms with Crippen molar-refractivity contribution in [3.63, 3.8) is 0 Å². The predicted molar refractivity (Wildman–Crippen MR) is 440 cm³/mol. The molecule has 1 unspecified atom stereocenters. The second-order valence-electron chi connectivity index (χ2n) is 32.5. The van der Waals surface area contributed by atoms with Gasteiger partial charge in [-0.1, -0.05) is 79.5 Å². The van der Waals surface area contributed by atoms with Crippen LogP contribution in [0.5, 0.6) is 51.7 Å². The molecular formula is C85H93Cl2F3N12O25. The van der Waals surface area contributed by atoms with Gasteiger partial charge in [0.15, 0.2) is 23.9 Å². The lowest BCUT2D eigenvalue weighted by Gasteiger charge is -2.48. The van der Waals surface area contributed by atoms with E-state index in [0.29, 0.717) is 16.8 Å². The number of likely N-dealkylation sites (N-methyl/N-ethyl adjacent to an activating group) is 1. The van der Waals surface area contributed by atoms with Crippen molar-refractivity contribution in [3.05, 3.63) is 176 Å². The number of nitrogens with one attached hydrogen (secondary N) is 10. The van der Waals surface area contributed by atoms with Gasteiger partial charge in [-0.25, -0.2) is 5.01 Å². The minimum atomic E-state index is -4.93. The van der Waals surface area contributed by atoms with Crippen molar-refractivity contribution in [2.24, 2.45) is 17.6 Å². The van der Waals surface area contributed by atoms with Gasteiger partial charge < -0.3 is 133 Å². The fraction of sp³-hybridized carbons (Fsp3) is 0.400. The Morgan fingerprint density at radius 2 is 1.35 bits per heavy atom. The number of hydrogen-bond donors (Lipinski definition) is 20. The summed E-state index contributed by atoms with van der Waals surface area (Å²) in [6.07, 6.45) is -24.2. The molecule has 1 saturated carbocycles. The number of halogens is 5. The predicted octanol–water partition coefficient (Wildman–Crippen LogP) is 3.53.